The summed E-state index contributed by atoms with van der Waals surface area (Å²) in [6.07, 6.45) is 1.02. The van der Waals surface area contributed by atoms with Crippen molar-refractivity contribution in [2.75, 3.05) is 31.5 Å². The third-order valence-corrected chi connectivity index (χ3v) is 6.09. The van der Waals surface area contributed by atoms with Crippen LogP contribution in [0.1, 0.15) is 37.6 Å². The number of hydrogen-bond acceptors (Lipinski definition) is 5. The molecule has 1 aliphatic heterocycles. The Bertz CT molecular complexity index is 1060. The summed E-state index contributed by atoms with van der Waals surface area (Å²) in [5.41, 5.74) is -1.72. The highest BCUT2D eigenvalue weighted by Crippen LogP contribution is 2.31. The van der Waals surface area contributed by atoms with Crippen LogP contribution in [0.2, 0.25) is 0 Å². The zero-order valence-electron chi connectivity index (χ0n) is 19.7. The number of carbonyl (C=O) groups is 2. The fourth-order valence-electron chi connectivity index (χ4n) is 3.36. The first-order valence-corrected chi connectivity index (χ1v) is 12.1. The van der Waals surface area contributed by atoms with E-state index >= 15 is 0 Å². The lowest BCUT2D eigenvalue weighted by atomic mass is 9.92. The quantitative estimate of drug-likeness (QED) is 0.333. The first-order chi connectivity index (χ1) is 16.4. The molecule has 1 fully saturated rings. The Hall–Kier alpha value is -2.38. The summed E-state index contributed by atoms with van der Waals surface area (Å²) >= 11 is 1.93. The first-order valence-electron chi connectivity index (χ1n) is 11.0. The lowest BCUT2D eigenvalue weighted by Gasteiger charge is -2.46. The maximum Gasteiger partial charge on any atom is 0.300 e. The summed E-state index contributed by atoms with van der Waals surface area (Å²) in [5, 5.41) is 23.7. The second-order valence-corrected chi connectivity index (χ2v) is 9.83. The van der Waals surface area contributed by atoms with E-state index in [0.717, 1.165) is 32.0 Å². The highest BCUT2D eigenvalue weighted by atomic mass is 127. The van der Waals surface area contributed by atoms with E-state index in [1.165, 1.54) is 17.0 Å². The summed E-state index contributed by atoms with van der Waals surface area (Å²) in [5.74, 6) is -4.01. The van der Waals surface area contributed by atoms with Crippen molar-refractivity contribution in [3.8, 4) is 0 Å². The molecule has 1 amide bonds. The Labute approximate surface area is 215 Å². The number of carboxylic acid groups (broad SMARTS) is 1. The zero-order chi connectivity index (χ0) is 26.3. The number of nitrogens with zero attached hydrogens (tertiary/aromatic N) is 1. The van der Waals surface area contributed by atoms with E-state index in [9.17, 15) is 23.1 Å². The lowest BCUT2D eigenvalue weighted by molar-refractivity contribution is -0.134. The average molecular weight is 607 g/mol. The molecule has 4 N–H and O–H groups in total. The molecule has 192 valence electrons. The van der Waals surface area contributed by atoms with Gasteiger partial charge in [0, 0.05) is 17.0 Å². The molecule has 1 heterocycles. The molecule has 2 aromatic rings. The van der Waals surface area contributed by atoms with Gasteiger partial charge in [-0.2, -0.15) is 0 Å². The van der Waals surface area contributed by atoms with Gasteiger partial charge in [-0.05, 0) is 65.4 Å². The van der Waals surface area contributed by atoms with Gasteiger partial charge in [-0.3, -0.25) is 9.59 Å². The zero-order valence-corrected chi connectivity index (χ0v) is 21.8. The van der Waals surface area contributed by atoms with E-state index in [1.807, 2.05) is 22.6 Å². The number of halogens is 4. The third kappa shape index (κ3) is 8.07. The predicted octanol–water partition coefficient (Wildman–Crippen LogP) is 4.37. The second kappa shape index (κ2) is 12.5. The molecule has 1 aliphatic rings. The smallest absolute Gasteiger partial charge is 0.300 e. The van der Waals surface area contributed by atoms with E-state index in [1.54, 1.807) is 6.07 Å². The number of anilines is 2. The van der Waals surface area contributed by atoms with Crippen LogP contribution in [0.3, 0.4) is 0 Å². The molecule has 0 aromatic heterocycles. The molecule has 0 radical (unpaired) electrons. The predicted molar refractivity (Wildman–Crippen MR) is 135 cm³/mol. The van der Waals surface area contributed by atoms with Gasteiger partial charge in [-0.1, -0.05) is 20.3 Å². The lowest BCUT2D eigenvalue weighted by Crippen LogP contribution is -2.67. The first kappa shape index (κ1) is 28.9. The number of hydrogen-bond donors (Lipinski definition) is 4. The molecule has 0 spiro atoms. The summed E-state index contributed by atoms with van der Waals surface area (Å²) in [4.78, 5) is 23.3. The highest BCUT2D eigenvalue weighted by molar-refractivity contribution is 14.1. The van der Waals surface area contributed by atoms with Gasteiger partial charge >= 0.3 is 0 Å². The van der Waals surface area contributed by atoms with E-state index in [2.05, 4.69) is 24.5 Å². The van der Waals surface area contributed by atoms with Crippen LogP contribution >= 0.6 is 22.6 Å². The van der Waals surface area contributed by atoms with Gasteiger partial charge in [-0.25, -0.2) is 13.2 Å². The van der Waals surface area contributed by atoms with Crippen molar-refractivity contribution in [2.45, 2.75) is 32.8 Å². The minimum atomic E-state index is -1.27. The topological polar surface area (TPSA) is 102 Å². The van der Waals surface area contributed by atoms with Crippen LogP contribution in [0.4, 0.5) is 24.5 Å². The van der Waals surface area contributed by atoms with Crippen LogP contribution in [0.5, 0.6) is 0 Å². The van der Waals surface area contributed by atoms with Crippen LogP contribution in [0, 0.1) is 26.9 Å². The number of amides is 1. The molecule has 1 saturated heterocycles. The van der Waals surface area contributed by atoms with Crippen molar-refractivity contribution in [3.63, 3.8) is 0 Å². The molecule has 11 heteroatoms. The molecular weight excluding hydrogens is 578 g/mol. The molecule has 0 saturated carbocycles. The number of likely N-dealkylation sites (tertiary alicyclic amines) is 1. The Kier molecular flexibility index (Phi) is 10.3. The van der Waals surface area contributed by atoms with Gasteiger partial charge in [0.15, 0.2) is 11.6 Å². The molecule has 3 rings (SSSR count). The molecule has 35 heavy (non-hydrogen) atoms. The molecular formula is C24H29F3IN3O4. The van der Waals surface area contributed by atoms with E-state index < -0.39 is 40.6 Å². The van der Waals surface area contributed by atoms with Crippen LogP contribution in [0.25, 0.3) is 0 Å². The normalized spacial score (nSPS) is 14.9. The van der Waals surface area contributed by atoms with E-state index in [4.69, 9.17) is 9.90 Å². The number of carboxylic acids is 1. The van der Waals surface area contributed by atoms with Gasteiger partial charge in [-0.15, -0.1) is 0 Å². The Balaban J connectivity index is 0.00000100. The Morgan fingerprint density at radius 3 is 2.37 bits per heavy atom. The van der Waals surface area contributed by atoms with Crippen LogP contribution in [0.15, 0.2) is 30.3 Å². The van der Waals surface area contributed by atoms with Crippen LogP contribution in [-0.4, -0.2) is 58.8 Å². The monoisotopic (exact) mass is 607 g/mol. The molecule has 7 nitrogen and oxygen atoms in total. The fourth-order valence-corrected chi connectivity index (χ4v) is 3.82. The van der Waals surface area contributed by atoms with Crippen molar-refractivity contribution in [1.29, 1.82) is 0 Å². The van der Waals surface area contributed by atoms with Crippen LogP contribution < -0.4 is 10.6 Å². The number of rotatable bonds is 8. The molecule has 0 bridgehead atoms. The Morgan fingerprint density at radius 2 is 1.80 bits per heavy atom. The van der Waals surface area contributed by atoms with Gasteiger partial charge in [0.05, 0.1) is 30.0 Å². The molecule has 1 atom stereocenters. The Morgan fingerprint density at radius 1 is 1.17 bits per heavy atom. The van der Waals surface area contributed by atoms with Gasteiger partial charge in [0.2, 0.25) is 0 Å². The number of aliphatic hydroxyl groups is 1. The maximum atomic E-state index is 14.5. The van der Waals surface area contributed by atoms with E-state index in [-0.39, 0.29) is 24.3 Å². The van der Waals surface area contributed by atoms with Gasteiger partial charge < -0.3 is 25.7 Å². The SMILES string of the molecule is CC(=O)O.CCC(C)CNCC1(O)CN(C(=O)c2ccc(F)c(F)c2Nc2ccc(I)cc2F)C1. The maximum absolute atomic E-state index is 14.5. The number of carbonyl (C=O) groups excluding carboxylic acids is 1. The number of nitrogens with one attached hydrogen (secondary N) is 2. The van der Waals surface area contributed by atoms with Crippen molar-refractivity contribution in [3.05, 3.63) is 56.9 Å². The standard InChI is InChI=1S/C22H25F3IN3O2.C2H4O2/c1-3-13(2)9-27-10-22(31)11-29(12-22)21(30)15-5-6-16(23)19(25)20(15)28-18-7-4-14(26)8-17(18)24;1-2(3)4/h4-8,13,27-28,31H,3,9-12H2,1-2H3;1H3,(H,3,4). The van der Waals surface area contributed by atoms with Crippen molar-refractivity contribution in [1.82, 2.24) is 10.2 Å². The summed E-state index contributed by atoms with van der Waals surface area (Å²) < 4.78 is 43.3. The number of aliphatic carboxylic acids is 1. The summed E-state index contributed by atoms with van der Waals surface area (Å²) in [7, 11) is 0. The summed E-state index contributed by atoms with van der Waals surface area (Å²) in [6, 6.07) is 6.25. The van der Waals surface area contributed by atoms with Crippen molar-refractivity contribution < 1.29 is 33.0 Å². The largest absolute Gasteiger partial charge is 0.481 e. The van der Waals surface area contributed by atoms with Gasteiger partial charge in [0.25, 0.3) is 11.9 Å². The van der Waals surface area contributed by atoms with Crippen molar-refractivity contribution in [2.24, 2.45) is 5.92 Å². The highest BCUT2D eigenvalue weighted by Gasteiger charge is 2.44. The minimum absolute atomic E-state index is 0.0651. The van der Waals surface area contributed by atoms with Crippen molar-refractivity contribution >= 4 is 45.8 Å². The summed E-state index contributed by atoms with van der Waals surface area (Å²) in [6.45, 7) is 6.48. The second-order valence-electron chi connectivity index (χ2n) is 8.58. The number of β-amino-alcohol motifs (C(OH)–C–C–N with tert-alkyl or cyclic N) is 1. The minimum Gasteiger partial charge on any atom is -0.481 e. The molecule has 0 aliphatic carbocycles. The molecule has 1 unspecified atom stereocenters. The number of benzene rings is 2. The van der Waals surface area contributed by atoms with E-state index in [0.29, 0.717) is 16.0 Å². The fraction of sp³-hybridized carbons (Fsp3) is 0.417. The third-order valence-electron chi connectivity index (χ3n) is 5.42. The van der Waals surface area contributed by atoms with Gasteiger partial charge in [0.1, 0.15) is 11.4 Å². The molecule has 2 aromatic carbocycles. The average Bonchev–Trinajstić information content (AvgIpc) is 2.75. The van der Waals surface area contributed by atoms with Crippen LogP contribution in [-0.2, 0) is 4.79 Å².